The van der Waals surface area contributed by atoms with Gasteiger partial charge < -0.3 is 9.47 Å². The summed E-state index contributed by atoms with van der Waals surface area (Å²) in [6.07, 6.45) is 2.19. The summed E-state index contributed by atoms with van der Waals surface area (Å²) in [6.45, 7) is 25.8. The van der Waals surface area contributed by atoms with Crippen LogP contribution in [0.15, 0.2) is 97.1 Å². The van der Waals surface area contributed by atoms with E-state index in [9.17, 15) is 0 Å². The Morgan fingerprint density at radius 2 is 1.07 bits per heavy atom. The van der Waals surface area contributed by atoms with Gasteiger partial charge >= 0.3 is 0 Å². The highest BCUT2D eigenvalue weighted by Crippen LogP contribution is 2.53. The lowest BCUT2D eigenvalue weighted by molar-refractivity contribution is 0.402. The van der Waals surface area contributed by atoms with Crippen molar-refractivity contribution in [3.05, 3.63) is 125 Å². The van der Waals surface area contributed by atoms with Gasteiger partial charge in [0.15, 0.2) is 0 Å². The largest absolute Gasteiger partial charge is 0.458 e. The van der Waals surface area contributed by atoms with Gasteiger partial charge in [0.25, 0.3) is 6.71 Å². The topological polar surface area (TPSA) is 34.6 Å². The number of hydrogen-bond donors (Lipinski definition) is 0. The van der Waals surface area contributed by atoms with Crippen LogP contribution in [0.5, 0.6) is 23.1 Å². The molecule has 0 radical (unpaired) electrons. The molecular formula is C51H53BN2O2. The van der Waals surface area contributed by atoms with Crippen LogP contribution in [0.25, 0.3) is 10.8 Å². The molecule has 6 aromatic rings. The second-order valence-electron chi connectivity index (χ2n) is 20.8. The Hall–Kier alpha value is -5.03. The maximum atomic E-state index is 7.14. The van der Waals surface area contributed by atoms with Crippen molar-refractivity contribution in [1.82, 2.24) is 4.98 Å². The fourth-order valence-electron chi connectivity index (χ4n) is 11.2. The predicted octanol–water partition coefficient (Wildman–Crippen LogP) is 11.6. The van der Waals surface area contributed by atoms with Crippen molar-refractivity contribution in [1.29, 1.82) is 0 Å². The van der Waals surface area contributed by atoms with E-state index in [1.807, 2.05) is 0 Å². The SMILES string of the molecule is CC(C)(C)c1ccc(N(c2ccc3ccccc3c2)c2cc3c4c(n2)Oc2cc5c(cc2B4c2cc4c(cc2O3)C(C)(C)CC4(C)C)C(C)(C)CC5(C)C)cc1. The van der Waals surface area contributed by atoms with Gasteiger partial charge in [-0.2, -0.15) is 4.98 Å². The van der Waals surface area contributed by atoms with Crippen molar-refractivity contribution in [2.75, 3.05) is 4.90 Å². The molecule has 1 aromatic heterocycles. The number of aromatic nitrogens is 1. The summed E-state index contributed by atoms with van der Waals surface area (Å²) in [7, 11) is 0. The summed E-state index contributed by atoms with van der Waals surface area (Å²) in [6, 6.07) is 35.9. The molecule has 56 heavy (non-hydrogen) atoms. The molecule has 4 aliphatic rings. The Morgan fingerprint density at radius 1 is 0.554 bits per heavy atom. The van der Waals surface area contributed by atoms with Gasteiger partial charge in [0.05, 0.1) is 0 Å². The molecule has 0 saturated carbocycles. The van der Waals surface area contributed by atoms with Crippen LogP contribution in [0.1, 0.15) is 117 Å². The number of rotatable bonds is 3. The van der Waals surface area contributed by atoms with E-state index < -0.39 is 0 Å². The average molecular weight is 737 g/mol. The standard InChI is InChI=1S/C51H53BN2O2/c1-47(2,3)32-17-20-33(21-18-32)54(34-19-16-30-14-12-13-15-31(30)22-34)44-27-43-45-46(53-44)56-42-26-38-36(49(6,7)29-51(38,10)11)24-40(42)52(45)39-23-35-37(25-41(39)55-43)50(8,9)28-48(35,4)5/h12-27H,28-29H2,1-11H3. The highest BCUT2D eigenvalue weighted by atomic mass is 16.5. The Bertz CT molecular complexity index is 2530. The van der Waals surface area contributed by atoms with Crippen LogP contribution in [-0.4, -0.2) is 11.7 Å². The van der Waals surface area contributed by atoms with Gasteiger partial charge in [0.1, 0.15) is 23.1 Å². The Kier molecular flexibility index (Phi) is 7.14. The second kappa shape index (κ2) is 11.3. The Labute approximate surface area is 333 Å². The number of anilines is 3. The zero-order valence-electron chi connectivity index (χ0n) is 34.9. The van der Waals surface area contributed by atoms with E-state index in [-0.39, 0.29) is 33.8 Å². The molecule has 0 fully saturated rings. The minimum absolute atomic E-state index is 0.0337. The summed E-state index contributed by atoms with van der Waals surface area (Å²) in [5.41, 5.74) is 12.6. The van der Waals surface area contributed by atoms with Gasteiger partial charge in [-0.3, -0.25) is 4.90 Å². The number of hydrogen-bond acceptors (Lipinski definition) is 4. The van der Waals surface area contributed by atoms with Gasteiger partial charge in [0, 0.05) is 22.9 Å². The quantitative estimate of drug-likeness (QED) is 0.169. The molecule has 0 N–H and O–H groups in total. The zero-order valence-corrected chi connectivity index (χ0v) is 34.9. The molecule has 282 valence electrons. The van der Waals surface area contributed by atoms with Crippen LogP contribution in [0.2, 0.25) is 0 Å². The second-order valence-corrected chi connectivity index (χ2v) is 20.8. The molecule has 2 aliphatic carbocycles. The highest BCUT2D eigenvalue weighted by molar-refractivity contribution is 6.98. The van der Waals surface area contributed by atoms with Crippen molar-refractivity contribution in [3.63, 3.8) is 0 Å². The molecule has 0 bridgehead atoms. The minimum atomic E-state index is -0.0659. The molecule has 0 atom stereocenters. The van der Waals surface area contributed by atoms with Gasteiger partial charge in [-0.25, -0.2) is 0 Å². The van der Waals surface area contributed by atoms with E-state index in [4.69, 9.17) is 14.5 Å². The molecule has 0 spiro atoms. The van der Waals surface area contributed by atoms with Gasteiger partial charge in [-0.05, 0) is 126 Å². The predicted molar refractivity (Wildman–Crippen MR) is 234 cm³/mol. The highest BCUT2D eigenvalue weighted by Gasteiger charge is 2.49. The van der Waals surface area contributed by atoms with Crippen molar-refractivity contribution in [2.24, 2.45) is 0 Å². The third-order valence-electron chi connectivity index (χ3n) is 13.5. The molecule has 0 amide bonds. The first-order valence-corrected chi connectivity index (χ1v) is 20.5. The maximum Gasteiger partial charge on any atom is 0.262 e. The fourth-order valence-corrected chi connectivity index (χ4v) is 11.2. The van der Waals surface area contributed by atoms with Crippen LogP contribution in [0.4, 0.5) is 17.2 Å². The zero-order chi connectivity index (χ0) is 39.3. The summed E-state index contributed by atoms with van der Waals surface area (Å²) in [5.74, 6) is 4.03. The summed E-state index contributed by atoms with van der Waals surface area (Å²) in [5, 5.41) is 2.38. The number of pyridine rings is 1. The van der Waals surface area contributed by atoms with E-state index in [1.54, 1.807) is 0 Å². The van der Waals surface area contributed by atoms with Crippen molar-refractivity contribution in [3.8, 4) is 23.1 Å². The van der Waals surface area contributed by atoms with Crippen LogP contribution < -0.4 is 30.8 Å². The van der Waals surface area contributed by atoms with Gasteiger partial charge in [-0.15, -0.1) is 0 Å². The third-order valence-corrected chi connectivity index (χ3v) is 13.5. The Balaban J connectivity index is 1.22. The van der Waals surface area contributed by atoms with Crippen LogP contribution in [0.3, 0.4) is 0 Å². The molecule has 0 saturated heterocycles. The monoisotopic (exact) mass is 736 g/mol. The molecule has 4 nitrogen and oxygen atoms in total. The van der Waals surface area contributed by atoms with E-state index in [1.165, 1.54) is 49.5 Å². The first-order valence-electron chi connectivity index (χ1n) is 20.5. The number of fused-ring (bicyclic) bond motifs is 7. The molecule has 2 aliphatic heterocycles. The van der Waals surface area contributed by atoms with Crippen LogP contribution in [0, 0.1) is 0 Å². The molecule has 10 rings (SSSR count). The van der Waals surface area contributed by atoms with E-state index >= 15 is 0 Å². The van der Waals surface area contributed by atoms with Crippen molar-refractivity contribution < 1.29 is 9.47 Å². The van der Waals surface area contributed by atoms with E-state index in [0.29, 0.717) is 5.88 Å². The summed E-state index contributed by atoms with van der Waals surface area (Å²) < 4.78 is 14.2. The smallest absolute Gasteiger partial charge is 0.262 e. The lowest BCUT2D eigenvalue weighted by Crippen LogP contribution is -2.58. The molecule has 5 aromatic carbocycles. The number of benzene rings is 5. The van der Waals surface area contributed by atoms with Crippen molar-refractivity contribution in [2.45, 2.75) is 116 Å². The molecule has 3 heterocycles. The normalized spacial score (nSPS) is 18.6. The average Bonchev–Trinajstić information content (AvgIpc) is 3.43. The first kappa shape index (κ1) is 35.4. The molecular weight excluding hydrogens is 683 g/mol. The first-order chi connectivity index (χ1) is 26.3. The van der Waals surface area contributed by atoms with Crippen LogP contribution >= 0.6 is 0 Å². The van der Waals surface area contributed by atoms with Gasteiger partial charge in [0.2, 0.25) is 5.88 Å². The third kappa shape index (κ3) is 5.22. The number of ether oxygens (including phenoxy) is 2. The van der Waals surface area contributed by atoms with Crippen LogP contribution in [-0.2, 0) is 27.1 Å². The van der Waals surface area contributed by atoms with E-state index in [2.05, 4.69) is 178 Å². The fraction of sp³-hybridized carbons (Fsp3) is 0.353. The minimum Gasteiger partial charge on any atom is -0.458 e. The molecule has 0 unspecified atom stereocenters. The lowest BCUT2D eigenvalue weighted by Gasteiger charge is -2.36. The lowest BCUT2D eigenvalue weighted by atomic mass is 9.34. The summed E-state index contributed by atoms with van der Waals surface area (Å²) in [4.78, 5) is 7.74. The van der Waals surface area contributed by atoms with Crippen molar-refractivity contribution >= 4 is 51.1 Å². The Morgan fingerprint density at radius 3 is 1.64 bits per heavy atom. The summed E-state index contributed by atoms with van der Waals surface area (Å²) >= 11 is 0. The number of nitrogens with zero attached hydrogens (tertiary/aromatic N) is 2. The van der Waals surface area contributed by atoms with E-state index in [0.717, 1.165) is 52.7 Å². The van der Waals surface area contributed by atoms with Gasteiger partial charge in [-0.1, -0.05) is 131 Å². The molecule has 5 heteroatoms. The maximum absolute atomic E-state index is 7.14.